The molecule has 0 radical (unpaired) electrons. The molecule has 2 heterocycles. The molecule has 0 atom stereocenters. The summed E-state index contributed by atoms with van der Waals surface area (Å²) in [5.74, 6) is 0. The highest BCUT2D eigenvalue weighted by Crippen LogP contribution is 2.25. The van der Waals surface area contributed by atoms with Crippen molar-refractivity contribution in [1.82, 2.24) is 4.83 Å². The van der Waals surface area contributed by atoms with E-state index < -0.39 is 10.0 Å². The molecule has 3 rings (SSSR count). The van der Waals surface area contributed by atoms with Crippen LogP contribution < -0.4 is 9.73 Å². The van der Waals surface area contributed by atoms with E-state index in [0.717, 1.165) is 40.7 Å². The predicted octanol–water partition coefficient (Wildman–Crippen LogP) is 2.66. The Morgan fingerprint density at radius 2 is 1.88 bits per heavy atom. The molecule has 1 aromatic heterocycles. The van der Waals surface area contributed by atoms with Crippen molar-refractivity contribution in [2.75, 3.05) is 31.2 Å². The number of morpholine rings is 1. The van der Waals surface area contributed by atoms with Crippen LogP contribution in [0, 0.1) is 0 Å². The molecule has 1 aromatic carbocycles. The van der Waals surface area contributed by atoms with Gasteiger partial charge in [-0.2, -0.15) is 13.5 Å². The van der Waals surface area contributed by atoms with Gasteiger partial charge in [0.15, 0.2) is 0 Å². The Morgan fingerprint density at radius 3 is 2.58 bits per heavy atom. The zero-order valence-corrected chi connectivity index (χ0v) is 15.9. The Morgan fingerprint density at radius 1 is 1.17 bits per heavy atom. The average molecular weight is 430 g/mol. The van der Waals surface area contributed by atoms with Gasteiger partial charge in [0.2, 0.25) is 0 Å². The number of ether oxygens (including phenoxy) is 1. The standard InChI is InChI=1S/C15H16BrN3O3S2/c16-12-1-4-14(5-2-12)24(20,21)18-17-11-13-3-6-15(23-13)19-7-9-22-10-8-19/h1-6,11,18H,7-10H2/b17-11-. The number of hydrogen-bond donors (Lipinski definition) is 1. The van der Waals surface area contributed by atoms with Crippen LogP contribution in [0.5, 0.6) is 0 Å². The molecule has 0 spiro atoms. The lowest BCUT2D eigenvalue weighted by Gasteiger charge is -2.27. The van der Waals surface area contributed by atoms with Gasteiger partial charge in [0.1, 0.15) is 0 Å². The molecule has 1 aliphatic heterocycles. The molecule has 0 unspecified atom stereocenters. The molecule has 2 aromatic rings. The van der Waals surface area contributed by atoms with E-state index in [2.05, 4.69) is 30.8 Å². The zero-order valence-electron chi connectivity index (χ0n) is 12.7. The maximum absolute atomic E-state index is 12.1. The first-order valence-electron chi connectivity index (χ1n) is 7.27. The smallest absolute Gasteiger partial charge is 0.276 e. The molecule has 1 fully saturated rings. The van der Waals surface area contributed by atoms with Gasteiger partial charge in [-0.1, -0.05) is 15.9 Å². The Balaban J connectivity index is 1.63. The fourth-order valence-corrected chi connectivity index (χ4v) is 4.18. The summed E-state index contributed by atoms with van der Waals surface area (Å²) in [5, 5.41) is 5.00. The third-order valence-corrected chi connectivity index (χ3v) is 6.27. The molecule has 1 N–H and O–H groups in total. The molecule has 128 valence electrons. The number of thiophene rings is 1. The molecule has 6 nitrogen and oxygen atoms in total. The van der Waals surface area contributed by atoms with Gasteiger partial charge in [-0.15, -0.1) is 11.3 Å². The molecule has 9 heteroatoms. The van der Waals surface area contributed by atoms with E-state index in [1.54, 1.807) is 23.5 Å². The third-order valence-electron chi connectivity index (χ3n) is 3.42. The normalized spacial score (nSPS) is 15.8. The number of rotatable bonds is 5. The van der Waals surface area contributed by atoms with Gasteiger partial charge in [-0.05, 0) is 36.4 Å². The van der Waals surface area contributed by atoms with Crippen molar-refractivity contribution < 1.29 is 13.2 Å². The van der Waals surface area contributed by atoms with Crippen molar-refractivity contribution in [2.24, 2.45) is 5.10 Å². The summed E-state index contributed by atoms with van der Waals surface area (Å²) < 4.78 is 30.4. The topological polar surface area (TPSA) is 71.0 Å². The zero-order chi connectivity index (χ0) is 17.0. The van der Waals surface area contributed by atoms with Crippen molar-refractivity contribution in [2.45, 2.75) is 4.90 Å². The number of nitrogens with zero attached hydrogens (tertiary/aromatic N) is 2. The first kappa shape index (κ1) is 17.4. The summed E-state index contributed by atoms with van der Waals surface area (Å²) in [6, 6.07) is 10.3. The highest BCUT2D eigenvalue weighted by atomic mass is 79.9. The number of anilines is 1. The summed E-state index contributed by atoms with van der Waals surface area (Å²) >= 11 is 4.84. The van der Waals surface area contributed by atoms with Crippen LogP contribution in [0.3, 0.4) is 0 Å². The van der Waals surface area contributed by atoms with Crippen LogP contribution in [0.15, 0.2) is 50.9 Å². The lowest BCUT2D eigenvalue weighted by atomic mass is 10.4. The Bertz CT molecular complexity index is 813. The monoisotopic (exact) mass is 429 g/mol. The largest absolute Gasteiger partial charge is 0.378 e. The van der Waals surface area contributed by atoms with Gasteiger partial charge in [0.25, 0.3) is 10.0 Å². The fourth-order valence-electron chi connectivity index (χ4n) is 2.19. The molecule has 0 amide bonds. The van der Waals surface area contributed by atoms with Crippen molar-refractivity contribution in [3.63, 3.8) is 0 Å². The molecule has 0 aliphatic carbocycles. The van der Waals surface area contributed by atoms with Crippen molar-refractivity contribution >= 4 is 48.5 Å². The van der Waals surface area contributed by atoms with Crippen LogP contribution in [-0.2, 0) is 14.8 Å². The number of sulfonamides is 1. The first-order chi connectivity index (χ1) is 11.5. The second-order valence-electron chi connectivity index (χ2n) is 5.08. The van der Waals surface area contributed by atoms with Gasteiger partial charge < -0.3 is 9.64 Å². The van der Waals surface area contributed by atoms with Crippen molar-refractivity contribution in [3.8, 4) is 0 Å². The predicted molar refractivity (Wildman–Crippen MR) is 99.4 cm³/mol. The van der Waals surface area contributed by atoms with Crippen LogP contribution in [-0.4, -0.2) is 40.9 Å². The van der Waals surface area contributed by atoms with Crippen molar-refractivity contribution in [1.29, 1.82) is 0 Å². The number of halogens is 1. The molecular formula is C15H16BrN3O3S2. The lowest BCUT2D eigenvalue weighted by molar-refractivity contribution is 0.123. The summed E-state index contributed by atoms with van der Waals surface area (Å²) in [5.41, 5.74) is 0. The first-order valence-corrected chi connectivity index (χ1v) is 10.4. The number of nitrogens with one attached hydrogen (secondary N) is 1. The molecule has 0 bridgehead atoms. The van der Waals surface area contributed by atoms with Crippen LogP contribution in [0.2, 0.25) is 0 Å². The molecule has 1 saturated heterocycles. The van der Waals surface area contributed by atoms with Gasteiger partial charge in [0.05, 0.1) is 29.3 Å². The van der Waals surface area contributed by atoms with Crippen LogP contribution in [0.1, 0.15) is 4.88 Å². The minimum atomic E-state index is -3.65. The summed E-state index contributed by atoms with van der Waals surface area (Å²) in [6.07, 6.45) is 1.52. The summed E-state index contributed by atoms with van der Waals surface area (Å²) in [4.78, 5) is 5.53. The minimum Gasteiger partial charge on any atom is -0.378 e. The van der Waals surface area contributed by atoms with E-state index >= 15 is 0 Å². The molecule has 1 aliphatic rings. The van der Waals surface area contributed by atoms with E-state index in [0.29, 0.717) is 0 Å². The van der Waals surface area contributed by atoms with Crippen LogP contribution >= 0.6 is 27.3 Å². The van der Waals surface area contributed by atoms with Gasteiger partial charge >= 0.3 is 0 Å². The number of hydrogen-bond acceptors (Lipinski definition) is 6. The number of benzene rings is 1. The van der Waals surface area contributed by atoms with Gasteiger partial charge in [-0.3, -0.25) is 0 Å². The maximum atomic E-state index is 12.1. The van der Waals surface area contributed by atoms with Crippen LogP contribution in [0.4, 0.5) is 5.00 Å². The quantitative estimate of drug-likeness (QED) is 0.585. The second-order valence-corrected chi connectivity index (χ2v) is 8.75. The van der Waals surface area contributed by atoms with Crippen LogP contribution in [0.25, 0.3) is 0 Å². The second kappa shape index (κ2) is 7.64. The minimum absolute atomic E-state index is 0.169. The number of hydrazone groups is 1. The molecule has 0 saturated carbocycles. The van der Waals surface area contributed by atoms with Gasteiger partial charge in [-0.25, -0.2) is 4.83 Å². The van der Waals surface area contributed by atoms with Crippen molar-refractivity contribution in [3.05, 3.63) is 45.7 Å². The Kier molecular flexibility index (Phi) is 5.54. The summed E-state index contributed by atoms with van der Waals surface area (Å²) in [7, 11) is -3.65. The van der Waals surface area contributed by atoms with E-state index in [-0.39, 0.29) is 4.90 Å². The average Bonchev–Trinajstić information content (AvgIpc) is 3.05. The summed E-state index contributed by atoms with van der Waals surface area (Å²) in [6.45, 7) is 3.20. The lowest BCUT2D eigenvalue weighted by Crippen LogP contribution is -2.35. The Hall–Kier alpha value is -1.42. The SMILES string of the molecule is O=S(=O)(N/N=C\c1ccc(N2CCOCC2)s1)c1ccc(Br)cc1. The van der Waals surface area contributed by atoms with E-state index in [4.69, 9.17) is 4.74 Å². The Labute approximate surface area is 153 Å². The molecule has 24 heavy (non-hydrogen) atoms. The molecular weight excluding hydrogens is 414 g/mol. The maximum Gasteiger partial charge on any atom is 0.276 e. The van der Waals surface area contributed by atoms with E-state index in [9.17, 15) is 8.42 Å². The third kappa shape index (κ3) is 4.35. The van der Waals surface area contributed by atoms with Gasteiger partial charge in [0, 0.05) is 22.4 Å². The van der Waals surface area contributed by atoms with E-state index in [1.807, 2.05) is 12.1 Å². The highest BCUT2D eigenvalue weighted by Gasteiger charge is 2.14. The van der Waals surface area contributed by atoms with E-state index in [1.165, 1.54) is 18.3 Å². The fraction of sp³-hybridized carbons (Fsp3) is 0.267. The highest BCUT2D eigenvalue weighted by molar-refractivity contribution is 9.10.